The van der Waals surface area contributed by atoms with E-state index in [2.05, 4.69) is 43.9 Å². The first-order valence-electron chi connectivity index (χ1n) is 8.33. The maximum atomic E-state index is 5.49. The van der Waals surface area contributed by atoms with Gasteiger partial charge in [-0.25, -0.2) is 0 Å². The molecule has 7 nitrogen and oxygen atoms in total. The number of nitrogens with zero attached hydrogens (tertiary/aromatic N) is 3. The Kier molecular flexibility index (Phi) is 4.27. The molecule has 0 bridgehead atoms. The summed E-state index contributed by atoms with van der Waals surface area (Å²) < 4.78 is 10.9. The number of ether oxygens (including phenoxy) is 1. The number of hydrogen-bond donors (Lipinski definition) is 2. The van der Waals surface area contributed by atoms with E-state index in [-0.39, 0.29) is 6.04 Å². The molecule has 126 valence electrons. The molecule has 0 radical (unpaired) electrons. The Hall–Kier alpha value is -2.25. The van der Waals surface area contributed by atoms with Crippen molar-refractivity contribution >= 4 is 10.9 Å². The predicted octanol–water partition coefficient (Wildman–Crippen LogP) is 2.51. The Morgan fingerprint density at radius 2 is 2.21 bits per heavy atom. The van der Waals surface area contributed by atoms with Gasteiger partial charge >= 0.3 is 0 Å². The fourth-order valence-corrected chi connectivity index (χ4v) is 3.27. The number of rotatable bonds is 5. The van der Waals surface area contributed by atoms with Gasteiger partial charge in [0.15, 0.2) is 5.82 Å². The van der Waals surface area contributed by atoms with Gasteiger partial charge in [0, 0.05) is 25.1 Å². The van der Waals surface area contributed by atoms with Crippen LogP contribution < -0.4 is 5.32 Å². The first-order valence-corrected chi connectivity index (χ1v) is 8.33. The van der Waals surface area contributed by atoms with Crippen molar-refractivity contribution in [1.29, 1.82) is 0 Å². The lowest BCUT2D eigenvalue weighted by molar-refractivity contribution is 0.0485. The Morgan fingerprint density at radius 3 is 3.00 bits per heavy atom. The zero-order valence-corrected chi connectivity index (χ0v) is 13.7. The van der Waals surface area contributed by atoms with E-state index in [9.17, 15) is 0 Å². The van der Waals surface area contributed by atoms with Crippen molar-refractivity contribution in [3.8, 4) is 0 Å². The van der Waals surface area contributed by atoms with Crippen LogP contribution in [0.25, 0.3) is 10.9 Å². The highest BCUT2D eigenvalue weighted by atomic mass is 16.5. The Balaban J connectivity index is 1.52. The molecule has 2 N–H and O–H groups in total. The molecule has 1 atom stereocenters. The highest BCUT2D eigenvalue weighted by Gasteiger charge is 2.29. The monoisotopic (exact) mass is 327 g/mol. The molecule has 1 aliphatic heterocycles. The lowest BCUT2D eigenvalue weighted by Gasteiger charge is -2.28. The van der Waals surface area contributed by atoms with Gasteiger partial charge in [0.25, 0.3) is 0 Å². The van der Waals surface area contributed by atoms with Crippen LogP contribution in [0.5, 0.6) is 0 Å². The number of H-pyrrole nitrogens is 1. The third-order valence-electron chi connectivity index (χ3n) is 4.58. The molecule has 2 aromatic heterocycles. The summed E-state index contributed by atoms with van der Waals surface area (Å²) in [4.78, 5) is 4.44. The van der Waals surface area contributed by atoms with Crippen LogP contribution in [0, 0.1) is 12.8 Å². The van der Waals surface area contributed by atoms with Crippen molar-refractivity contribution in [2.75, 3.05) is 13.2 Å². The number of benzene rings is 1. The van der Waals surface area contributed by atoms with E-state index in [0.29, 0.717) is 17.6 Å². The van der Waals surface area contributed by atoms with Crippen LogP contribution in [0.15, 0.2) is 28.9 Å². The fraction of sp³-hybridized carbons (Fsp3) is 0.471. The standard InChI is InChI=1S/C17H21N5O2/c1-11-20-17(24-22-11)16(13-4-6-23-7-5-13)18-9-12-2-3-14-10-19-21-15(14)8-12/h2-3,8,10,13,16,18H,4-7,9H2,1H3,(H,19,21)/t16-/m1/s1. The van der Waals surface area contributed by atoms with Gasteiger partial charge in [-0.1, -0.05) is 17.3 Å². The minimum atomic E-state index is 0.0487. The van der Waals surface area contributed by atoms with Crippen molar-refractivity contribution < 1.29 is 9.26 Å². The van der Waals surface area contributed by atoms with E-state index in [1.54, 1.807) is 0 Å². The molecule has 0 amide bonds. The second-order valence-electron chi connectivity index (χ2n) is 6.28. The van der Waals surface area contributed by atoms with Gasteiger partial charge < -0.3 is 14.6 Å². The molecule has 1 fully saturated rings. The summed E-state index contributed by atoms with van der Waals surface area (Å²) in [6.07, 6.45) is 3.83. The van der Waals surface area contributed by atoms with Crippen molar-refractivity contribution in [2.45, 2.75) is 32.4 Å². The van der Waals surface area contributed by atoms with Gasteiger partial charge in [0.05, 0.1) is 17.8 Å². The molecule has 1 aromatic carbocycles. The minimum absolute atomic E-state index is 0.0487. The second-order valence-corrected chi connectivity index (χ2v) is 6.28. The van der Waals surface area contributed by atoms with Crippen LogP contribution in [-0.4, -0.2) is 33.6 Å². The molecule has 3 heterocycles. The summed E-state index contributed by atoms with van der Waals surface area (Å²) in [7, 11) is 0. The first kappa shape index (κ1) is 15.3. The molecule has 1 aliphatic rings. The van der Waals surface area contributed by atoms with Gasteiger partial charge in [-0.3, -0.25) is 5.10 Å². The number of fused-ring (bicyclic) bond motifs is 1. The zero-order chi connectivity index (χ0) is 16.4. The van der Waals surface area contributed by atoms with Gasteiger partial charge in [-0.05, 0) is 37.3 Å². The second kappa shape index (κ2) is 6.70. The smallest absolute Gasteiger partial charge is 0.244 e. The molecule has 0 spiro atoms. The molecule has 0 unspecified atom stereocenters. The van der Waals surface area contributed by atoms with E-state index in [1.165, 1.54) is 5.56 Å². The van der Waals surface area contributed by atoms with E-state index in [1.807, 2.05) is 13.1 Å². The van der Waals surface area contributed by atoms with Gasteiger partial charge in [0.1, 0.15) is 0 Å². The van der Waals surface area contributed by atoms with E-state index >= 15 is 0 Å². The fourth-order valence-electron chi connectivity index (χ4n) is 3.27. The molecule has 0 saturated carbocycles. The summed E-state index contributed by atoms with van der Waals surface area (Å²) >= 11 is 0. The minimum Gasteiger partial charge on any atom is -0.381 e. The average Bonchev–Trinajstić information content (AvgIpc) is 3.24. The van der Waals surface area contributed by atoms with E-state index in [4.69, 9.17) is 9.26 Å². The number of aromatic amines is 1. The number of aryl methyl sites for hydroxylation is 1. The topological polar surface area (TPSA) is 88.9 Å². The highest BCUT2D eigenvalue weighted by molar-refractivity contribution is 5.78. The molecule has 7 heteroatoms. The number of aromatic nitrogens is 4. The highest BCUT2D eigenvalue weighted by Crippen LogP contribution is 2.29. The van der Waals surface area contributed by atoms with Crippen LogP contribution >= 0.6 is 0 Å². The van der Waals surface area contributed by atoms with Crippen LogP contribution in [-0.2, 0) is 11.3 Å². The van der Waals surface area contributed by atoms with Crippen molar-refractivity contribution in [3.05, 3.63) is 41.7 Å². The zero-order valence-electron chi connectivity index (χ0n) is 13.7. The number of nitrogens with one attached hydrogen (secondary N) is 2. The van der Waals surface area contributed by atoms with Gasteiger partial charge in [0.2, 0.25) is 5.89 Å². The summed E-state index contributed by atoms with van der Waals surface area (Å²) in [5, 5.41) is 15.8. The van der Waals surface area contributed by atoms with E-state index < -0.39 is 0 Å². The van der Waals surface area contributed by atoms with E-state index in [0.717, 1.165) is 43.5 Å². The predicted molar refractivity (Wildman–Crippen MR) is 88.3 cm³/mol. The van der Waals surface area contributed by atoms with Crippen LogP contribution in [0.4, 0.5) is 0 Å². The maximum Gasteiger partial charge on any atom is 0.244 e. The third kappa shape index (κ3) is 3.18. The normalized spacial score (nSPS) is 17.4. The summed E-state index contributed by atoms with van der Waals surface area (Å²) in [6, 6.07) is 6.36. The van der Waals surface area contributed by atoms with Crippen molar-refractivity contribution in [1.82, 2.24) is 25.7 Å². The van der Waals surface area contributed by atoms with Crippen molar-refractivity contribution in [2.24, 2.45) is 5.92 Å². The summed E-state index contributed by atoms with van der Waals surface area (Å²) in [5.41, 5.74) is 2.24. The lowest BCUT2D eigenvalue weighted by atomic mass is 9.91. The molecule has 0 aliphatic carbocycles. The van der Waals surface area contributed by atoms with Crippen LogP contribution in [0.1, 0.15) is 36.2 Å². The molecule has 4 rings (SSSR count). The average molecular weight is 327 g/mol. The molecule has 1 saturated heterocycles. The first-order chi connectivity index (χ1) is 11.8. The summed E-state index contributed by atoms with van der Waals surface area (Å²) in [5.74, 6) is 1.78. The Labute approximate surface area is 139 Å². The van der Waals surface area contributed by atoms with Crippen LogP contribution in [0.3, 0.4) is 0 Å². The van der Waals surface area contributed by atoms with Gasteiger partial charge in [-0.2, -0.15) is 10.1 Å². The molecule has 3 aromatic rings. The molecular weight excluding hydrogens is 306 g/mol. The Morgan fingerprint density at radius 1 is 1.33 bits per heavy atom. The van der Waals surface area contributed by atoms with Gasteiger partial charge in [-0.15, -0.1) is 0 Å². The van der Waals surface area contributed by atoms with Crippen LogP contribution in [0.2, 0.25) is 0 Å². The molecule has 24 heavy (non-hydrogen) atoms. The quantitative estimate of drug-likeness (QED) is 0.748. The SMILES string of the molecule is Cc1noc([C@H](NCc2ccc3cn[nH]c3c2)C2CCOCC2)n1. The maximum absolute atomic E-state index is 5.49. The lowest BCUT2D eigenvalue weighted by Crippen LogP contribution is -2.32. The number of hydrogen-bond acceptors (Lipinski definition) is 6. The third-order valence-corrected chi connectivity index (χ3v) is 4.58. The Bertz CT molecular complexity index is 806. The summed E-state index contributed by atoms with van der Waals surface area (Å²) in [6.45, 7) is 4.16. The molecular formula is C17H21N5O2. The largest absolute Gasteiger partial charge is 0.381 e. The van der Waals surface area contributed by atoms with Crippen molar-refractivity contribution in [3.63, 3.8) is 0 Å².